The minimum absolute atomic E-state index is 0.350. The molecule has 0 aromatic heterocycles. The van der Waals surface area contributed by atoms with Gasteiger partial charge in [0.1, 0.15) is 11.8 Å². The number of carbonyl (C=O) groups is 1. The van der Waals surface area contributed by atoms with Crippen LogP contribution >= 0.6 is 11.6 Å². The highest BCUT2D eigenvalue weighted by Gasteiger charge is 2.38. The van der Waals surface area contributed by atoms with Crippen LogP contribution in [0.4, 0.5) is 0 Å². The monoisotopic (exact) mass is 405 g/mol. The third-order valence-corrected chi connectivity index (χ3v) is 5.36. The number of carboxylic acid groups (broad SMARTS) is 1. The fourth-order valence-electron chi connectivity index (χ4n) is 3.85. The fraction of sp³-hybridized carbons (Fsp3) is 0.381. The Kier molecular flexibility index (Phi) is 6.31. The molecule has 1 saturated heterocycles. The van der Waals surface area contributed by atoms with Crippen molar-refractivity contribution < 1.29 is 24.1 Å². The van der Waals surface area contributed by atoms with E-state index in [1.54, 1.807) is 33.5 Å². The van der Waals surface area contributed by atoms with Gasteiger partial charge in [-0.15, -0.1) is 0 Å². The van der Waals surface area contributed by atoms with E-state index >= 15 is 0 Å². The van der Waals surface area contributed by atoms with Crippen molar-refractivity contribution in [1.82, 2.24) is 4.90 Å². The first-order valence-electron chi connectivity index (χ1n) is 9.04. The first kappa shape index (κ1) is 20.3. The van der Waals surface area contributed by atoms with E-state index in [4.69, 9.17) is 25.8 Å². The molecule has 2 aromatic carbocycles. The second kappa shape index (κ2) is 8.71. The van der Waals surface area contributed by atoms with Crippen LogP contribution in [0.1, 0.15) is 30.0 Å². The van der Waals surface area contributed by atoms with Gasteiger partial charge in [-0.1, -0.05) is 17.7 Å². The van der Waals surface area contributed by atoms with Gasteiger partial charge < -0.3 is 19.3 Å². The minimum Gasteiger partial charge on any atom is -0.496 e. The van der Waals surface area contributed by atoms with Gasteiger partial charge in [-0.3, -0.25) is 9.69 Å². The van der Waals surface area contributed by atoms with Gasteiger partial charge in [0, 0.05) is 17.1 Å². The average molecular weight is 406 g/mol. The van der Waals surface area contributed by atoms with Gasteiger partial charge in [0.05, 0.1) is 27.4 Å². The van der Waals surface area contributed by atoms with Gasteiger partial charge >= 0.3 is 5.97 Å². The topological polar surface area (TPSA) is 68.2 Å². The molecule has 0 spiro atoms. The third kappa shape index (κ3) is 3.88. The van der Waals surface area contributed by atoms with Gasteiger partial charge in [-0.2, -0.15) is 0 Å². The van der Waals surface area contributed by atoms with Crippen molar-refractivity contribution in [3.8, 4) is 17.2 Å². The molecule has 150 valence electrons. The van der Waals surface area contributed by atoms with Gasteiger partial charge in [0.15, 0.2) is 11.5 Å². The summed E-state index contributed by atoms with van der Waals surface area (Å²) in [5, 5.41) is 10.3. The van der Waals surface area contributed by atoms with Crippen LogP contribution < -0.4 is 14.2 Å². The van der Waals surface area contributed by atoms with Crippen LogP contribution in [0.15, 0.2) is 36.4 Å². The van der Waals surface area contributed by atoms with Crippen molar-refractivity contribution in [2.75, 3.05) is 27.9 Å². The third-order valence-electron chi connectivity index (χ3n) is 5.12. The summed E-state index contributed by atoms with van der Waals surface area (Å²) < 4.78 is 16.4. The fourth-order valence-corrected chi connectivity index (χ4v) is 4.04. The number of rotatable bonds is 7. The highest BCUT2D eigenvalue weighted by atomic mass is 35.5. The van der Waals surface area contributed by atoms with E-state index in [-0.39, 0.29) is 6.04 Å². The van der Waals surface area contributed by atoms with Crippen molar-refractivity contribution in [2.45, 2.75) is 24.9 Å². The Balaban J connectivity index is 2.18. The van der Waals surface area contributed by atoms with E-state index in [1.807, 2.05) is 29.2 Å². The van der Waals surface area contributed by atoms with Crippen molar-refractivity contribution in [3.05, 3.63) is 52.5 Å². The molecule has 0 amide bonds. The van der Waals surface area contributed by atoms with Crippen LogP contribution in [0.25, 0.3) is 0 Å². The molecule has 1 aliphatic heterocycles. The maximum absolute atomic E-state index is 11.9. The van der Waals surface area contributed by atoms with E-state index in [1.165, 1.54) is 0 Å². The van der Waals surface area contributed by atoms with E-state index in [2.05, 4.69) is 0 Å². The number of benzene rings is 2. The first-order chi connectivity index (χ1) is 13.5. The molecule has 0 bridgehead atoms. The molecular weight excluding hydrogens is 382 g/mol. The van der Waals surface area contributed by atoms with Crippen LogP contribution in [-0.2, 0) is 4.79 Å². The number of ether oxygens (including phenoxy) is 3. The van der Waals surface area contributed by atoms with Crippen molar-refractivity contribution >= 4 is 17.6 Å². The summed E-state index contributed by atoms with van der Waals surface area (Å²) >= 11 is 6.28. The van der Waals surface area contributed by atoms with E-state index in [0.29, 0.717) is 35.2 Å². The molecule has 2 unspecified atom stereocenters. The Bertz CT molecular complexity index is 857. The van der Waals surface area contributed by atoms with Gasteiger partial charge in [0.2, 0.25) is 0 Å². The summed E-state index contributed by atoms with van der Waals surface area (Å²) in [5.41, 5.74) is 1.70. The molecule has 1 heterocycles. The van der Waals surface area contributed by atoms with Crippen LogP contribution in [0.3, 0.4) is 0 Å². The Morgan fingerprint density at radius 3 is 2.39 bits per heavy atom. The molecular formula is C21H24ClNO5. The van der Waals surface area contributed by atoms with E-state index < -0.39 is 12.0 Å². The normalized spacial score (nSPS) is 17.9. The lowest BCUT2D eigenvalue weighted by atomic mass is 9.95. The summed E-state index contributed by atoms with van der Waals surface area (Å²) in [7, 11) is 4.75. The number of carboxylic acids is 1. The zero-order valence-corrected chi connectivity index (χ0v) is 16.9. The Morgan fingerprint density at radius 1 is 1.07 bits per heavy atom. The minimum atomic E-state index is -0.830. The van der Waals surface area contributed by atoms with Crippen molar-refractivity contribution in [3.63, 3.8) is 0 Å². The van der Waals surface area contributed by atoms with Gasteiger partial charge in [-0.25, -0.2) is 0 Å². The van der Waals surface area contributed by atoms with Crippen molar-refractivity contribution in [1.29, 1.82) is 0 Å². The Morgan fingerprint density at radius 2 is 1.75 bits per heavy atom. The molecule has 0 radical (unpaired) electrons. The van der Waals surface area contributed by atoms with E-state index in [9.17, 15) is 9.90 Å². The lowest BCUT2D eigenvalue weighted by molar-refractivity contribution is -0.142. The van der Waals surface area contributed by atoms with Crippen molar-refractivity contribution in [2.24, 2.45) is 0 Å². The van der Waals surface area contributed by atoms with Crippen LogP contribution in [-0.4, -0.2) is 49.9 Å². The lowest BCUT2D eigenvalue weighted by Crippen LogP contribution is -2.39. The Labute approximate surface area is 169 Å². The number of nitrogens with zero attached hydrogens (tertiary/aromatic N) is 1. The quantitative estimate of drug-likeness (QED) is 0.750. The molecule has 7 heteroatoms. The summed E-state index contributed by atoms with van der Waals surface area (Å²) in [5.74, 6) is 1.01. The molecule has 6 nitrogen and oxygen atoms in total. The molecule has 0 saturated carbocycles. The molecule has 2 atom stereocenters. The van der Waals surface area contributed by atoms with Gasteiger partial charge in [-0.05, 0) is 48.7 Å². The second-order valence-electron chi connectivity index (χ2n) is 6.64. The summed E-state index contributed by atoms with van der Waals surface area (Å²) in [6.45, 7) is 0.658. The molecule has 3 rings (SSSR count). The smallest absolute Gasteiger partial charge is 0.320 e. The highest BCUT2D eigenvalue weighted by molar-refractivity contribution is 6.30. The lowest BCUT2D eigenvalue weighted by Gasteiger charge is -2.33. The van der Waals surface area contributed by atoms with Crippen LogP contribution in [0, 0.1) is 0 Å². The van der Waals surface area contributed by atoms with Gasteiger partial charge in [0.25, 0.3) is 0 Å². The number of hydrogen-bond acceptors (Lipinski definition) is 5. The highest BCUT2D eigenvalue weighted by Crippen LogP contribution is 2.42. The number of likely N-dealkylation sites (tertiary alicyclic amines) is 1. The maximum atomic E-state index is 11.9. The first-order valence-corrected chi connectivity index (χ1v) is 9.41. The van der Waals surface area contributed by atoms with Crippen LogP contribution in [0.2, 0.25) is 5.02 Å². The summed E-state index contributed by atoms with van der Waals surface area (Å²) in [4.78, 5) is 13.9. The molecule has 0 aliphatic carbocycles. The van der Waals surface area contributed by atoms with Crippen LogP contribution in [0.5, 0.6) is 17.2 Å². The number of halogens is 1. The standard InChI is InChI=1S/C21H24ClNO5/c1-26-17-9-7-14(22)12-15(17)20(23-10-4-5-16(23)21(24)25)13-6-8-18(27-2)19(11-13)28-3/h6-9,11-12,16,20H,4-5,10H2,1-3H3,(H,24,25). The maximum Gasteiger partial charge on any atom is 0.320 e. The predicted octanol–water partition coefficient (Wildman–Crippen LogP) is 4.00. The second-order valence-corrected chi connectivity index (χ2v) is 7.07. The summed E-state index contributed by atoms with van der Waals surface area (Å²) in [6.07, 6.45) is 1.41. The average Bonchev–Trinajstić information content (AvgIpc) is 3.18. The number of methoxy groups -OCH3 is 3. The zero-order valence-electron chi connectivity index (χ0n) is 16.1. The van der Waals surface area contributed by atoms with E-state index in [0.717, 1.165) is 17.5 Å². The molecule has 1 aliphatic rings. The molecule has 1 N–H and O–H groups in total. The molecule has 1 fully saturated rings. The SMILES string of the molecule is COc1ccc(C(c2cc(Cl)ccc2OC)N2CCCC2C(=O)O)cc1OC. The molecule has 2 aromatic rings. The molecule has 28 heavy (non-hydrogen) atoms. The largest absolute Gasteiger partial charge is 0.496 e. The summed E-state index contributed by atoms with van der Waals surface area (Å²) in [6, 6.07) is 10.1. The number of hydrogen-bond donors (Lipinski definition) is 1. The Hall–Kier alpha value is -2.44. The predicted molar refractivity (Wildman–Crippen MR) is 107 cm³/mol. The number of aliphatic carboxylic acids is 1. The zero-order chi connectivity index (χ0) is 20.3.